The fourth-order valence-corrected chi connectivity index (χ4v) is 1.73. The van der Waals surface area contributed by atoms with Gasteiger partial charge in [-0.3, -0.25) is 0 Å². The summed E-state index contributed by atoms with van der Waals surface area (Å²) in [6.07, 6.45) is -4.78. The molecule has 2 rings (SSSR count). The molecule has 1 aliphatic rings. The third-order valence-corrected chi connectivity index (χ3v) is 2.85. The number of aliphatic hydroxyl groups excluding tert-OH is 3. The van der Waals surface area contributed by atoms with Gasteiger partial charge in [0.2, 0.25) is 6.29 Å². The Labute approximate surface area is 103 Å². The van der Waals surface area contributed by atoms with E-state index in [4.69, 9.17) is 21.1 Å². The molecule has 0 radical (unpaired) electrons. The van der Waals surface area contributed by atoms with Gasteiger partial charge < -0.3 is 24.8 Å². The minimum absolute atomic E-state index is 0.104. The summed E-state index contributed by atoms with van der Waals surface area (Å²) >= 11 is 5.88. The van der Waals surface area contributed by atoms with Crippen LogP contribution in [0, 0.1) is 0 Å². The van der Waals surface area contributed by atoms with E-state index in [0.717, 1.165) is 0 Å². The zero-order valence-electron chi connectivity index (χ0n) is 8.86. The molecule has 1 aliphatic heterocycles. The van der Waals surface area contributed by atoms with E-state index in [0.29, 0.717) is 10.8 Å². The number of benzene rings is 1. The van der Waals surface area contributed by atoms with E-state index in [1.807, 2.05) is 0 Å². The first-order valence-electron chi connectivity index (χ1n) is 5.16. The molecule has 6 heteroatoms. The van der Waals surface area contributed by atoms with Gasteiger partial charge in [-0.05, 0) is 12.1 Å². The summed E-state index contributed by atoms with van der Waals surface area (Å²) in [6, 6.07) is 6.72. The fourth-order valence-electron chi connectivity index (χ4n) is 1.55. The predicted octanol–water partition coefficient (Wildman–Crippen LogP) is 0.158. The monoisotopic (exact) mass is 260 g/mol. The van der Waals surface area contributed by atoms with E-state index in [1.54, 1.807) is 24.3 Å². The first-order chi connectivity index (χ1) is 8.09. The molecular formula is C11H13ClO5. The number of rotatable bonds is 2. The van der Waals surface area contributed by atoms with Crippen molar-refractivity contribution in [3.8, 4) is 5.75 Å². The van der Waals surface area contributed by atoms with Crippen molar-refractivity contribution in [3.63, 3.8) is 0 Å². The van der Waals surface area contributed by atoms with Gasteiger partial charge in [-0.2, -0.15) is 0 Å². The normalized spacial score (nSPS) is 33.4. The van der Waals surface area contributed by atoms with Crippen LogP contribution in [-0.2, 0) is 4.74 Å². The van der Waals surface area contributed by atoms with Gasteiger partial charge in [0.25, 0.3) is 0 Å². The average molecular weight is 261 g/mol. The maximum Gasteiger partial charge on any atom is 0.228 e. The summed E-state index contributed by atoms with van der Waals surface area (Å²) < 4.78 is 10.4. The molecule has 1 aromatic carbocycles. The van der Waals surface area contributed by atoms with Crippen LogP contribution in [0.15, 0.2) is 24.3 Å². The molecule has 3 N–H and O–H groups in total. The quantitative estimate of drug-likeness (QED) is 0.706. The van der Waals surface area contributed by atoms with Gasteiger partial charge in [-0.25, -0.2) is 0 Å². The minimum atomic E-state index is -1.32. The predicted molar refractivity (Wildman–Crippen MR) is 59.8 cm³/mol. The fraction of sp³-hybridized carbons (Fsp3) is 0.455. The van der Waals surface area contributed by atoms with Crippen LogP contribution in [0.4, 0.5) is 0 Å². The lowest BCUT2D eigenvalue weighted by Gasteiger charge is -2.35. The SMILES string of the molecule is O[C@@H]1[C@@H](Oc2ccccc2Cl)OC[C@H](O)[C@H]1O. The van der Waals surface area contributed by atoms with Crippen LogP contribution in [0.3, 0.4) is 0 Å². The number of ether oxygens (including phenoxy) is 2. The molecule has 1 aromatic rings. The van der Waals surface area contributed by atoms with Crippen LogP contribution in [-0.4, -0.2) is 46.5 Å². The highest BCUT2D eigenvalue weighted by Crippen LogP contribution is 2.27. The first-order valence-corrected chi connectivity index (χ1v) is 5.54. The molecule has 0 spiro atoms. The van der Waals surface area contributed by atoms with E-state index in [9.17, 15) is 15.3 Å². The highest BCUT2D eigenvalue weighted by Gasteiger charge is 2.39. The maximum atomic E-state index is 9.66. The van der Waals surface area contributed by atoms with Gasteiger partial charge in [0, 0.05) is 0 Å². The van der Waals surface area contributed by atoms with Crippen molar-refractivity contribution < 1.29 is 24.8 Å². The zero-order valence-corrected chi connectivity index (χ0v) is 9.62. The molecule has 94 valence electrons. The molecule has 1 fully saturated rings. The molecule has 5 nitrogen and oxygen atoms in total. The topological polar surface area (TPSA) is 79.2 Å². The smallest absolute Gasteiger partial charge is 0.228 e. The molecule has 4 atom stereocenters. The molecule has 0 amide bonds. The van der Waals surface area contributed by atoms with Crippen LogP contribution in [0.25, 0.3) is 0 Å². The van der Waals surface area contributed by atoms with Gasteiger partial charge in [-0.15, -0.1) is 0 Å². The Morgan fingerprint density at radius 1 is 1.18 bits per heavy atom. The summed E-state index contributed by atoms with van der Waals surface area (Å²) in [5, 5.41) is 28.8. The Bertz CT molecular complexity index is 386. The van der Waals surface area contributed by atoms with Gasteiger partial charge in [-0.1, -0.05) is 23.7 Å². The number of aliphatic hydroxyl groups is 3. The second-order valence-electron chi connectivity index (χ2n) is 3.80. The van der Waals surface area contributed by atoms with Crippen LogP contribution < -0.4 is 4.74 Å². The Kier molecular flexibility index (Phi) is 3.86. The van der Waals surface area contributed by atoms with Gasteiger partial charge in [0.05, 0.1) is 11.6 Å². The molecular weight excluding hydrogens is 248 g/mol. The summed E-state index contributed by atoms with van der Waals surface area (Å²) in [5.74, 6) is 0.349. The van der Waals surface area contributed by atoms with Gasteiger partial charge >= 0.3 is 0 Å². The number of halogens is 1. The molecule has 17 heavy (non-hydrogen) atoms. The Hall–Kier alpha value is -0.850. The van der Waals surface area contributed by atoms with Gasteiger partial charge in [0.1, 0.15) is 24.1 Å². The van der Waals surface area contributed by atoms with Crippen molar-refractivity contribution in [1.29, 1.82) is 0 Å². The van der Waals surface area contributed by atoms with E-state index in [1.165, 1.54) is 0 Å². The third kappa shape index (κ3) is 2.70. The summed E-state index contributed by atoms with van der Waals surface area (Å²) in [5.41, 5.74) is 0. The van der Waals surface area contributed by atoms with E-state index in [-0.39, 0.29) is 6.61 Å². The summed E-state index contributed by atoms with van der Waals surface area (Å²) in [7, 11) is 0. The standard InChI is InChI=1S/C11H13ClO5/c12-6-3-1-2-4-8(6)17-11-10(15)9(14)7(13)5-16-11/h1-4,7,9-11,13-15H,5H2/t7-,9+,10-,11+/m0/s1. The first kappa shape index (κ1) is 12.6. The minimum Gasteiger partial charge on any atom is -0.460 e. The van der Waals surface area contributed by atoms with E-state index >= 15 is 0 Å². The highest BCUT2D eigenvalue weighted by molar-refractivity contribution is 6.32. The van der Waals surface area contributed by atoms with E-state index in [2.05, 4.69) is 0 Å². The highest BCUT2D eigenvalue weighted by atomic mass is 35.5. The van der Waals surface area contributed by atoms with Crippen molar-refractivity contribution >= 4 is 11.6 Å². The number of hydrogen-bond donors (Lipinski definition) is 3. The molecule has 1 heterocycles. The zero-order chi connectivity index (χ0) is 12.4. The average Bonchev–Trinajstić information content (AvgIpc) is 2.32. The van der Waals surface area contributed by atoms with Crippen LogP contribution in [0.5, 0.6) is 5.75 Å². The second-order valence-corrected chi connectivity index (χ2v) is 4.21. The van der Waals surface area contributed by atoms with Gasteiger partial charge in [0.15, 0.2) is 0 Å². The van der Waals surface area contributed by atoms with Crippen LogP contribution in [0.1, 0.15) is 0 Å². The number of para-hydroxylation sites is 1. The Morgan fingerprint density at radius 2 is 1.88 bits per heavy atom. The molecule has 0 saturated carbocycles. The molecule has 1 saturated heterocycles. The molecule has 0 aromatic heterocycles. The maximum absolute atomic E-state index is 9.66. The Morgan fingerprint density at radius 3 is 2.59 bits per heavy atom. The lowest BCUT2D eigenvalue weighted by molar-refractivity contribution is -0.242. The van der Waals surface area contributed by atoms with Crippen LogP contribution in [0.2, 0.25) is 5.02 Å². The van der Waals surface area contributed by atoms with Crippen molar-refractivity contribution in [2.45, 2.75) is 24.6 Å². The molecule has 0 bridgehead atoms. The van der Waals surface area contributed by atoms with E-state index < -0.39 is 24.6 Å². The third-order valence-electron chi connectivity index (χ3n) is 2.53. The molecule has 0 unspecified atom stereocenters. The summed E-state index contributed by atoms with van der Waals surface area (Å²) in [6.45, 7) is -0.104. The Balaban J connectivity index is 2.07. The molecule has 0 aliphatic carbocycles. The second kappa shape index (κ2) is 5.20. The van der Waals surface area contributed by atoms with Crippen molar-refractivity contribution in [1.82, 2.24) is 0 Å². The van der Waals surface area contributed by atoms with Crippen molar-refractivity contribution in [2.24, 2.45) is 0 Å². The lowest BCUT2D eigenvalue weighted by Crippen LogP contribution is -2.54. The van der Waals surface area contributed by atoms with Crippen molar-refractivity contribution in [3.05, 3.63) is 29.3 Å². The van der Waals surface area contributed by atoms with Crippen molar-refractivity contribution in [2.75, 3.05) is 6.61 Å². The summed E-state index contributed by atoms with van der Waals surface area (Å²) in [4.78, 5) is 0. The number of hydrogen-bond acceptors (Lipinski definition) is 5. The van der Waals surface area contributed by atoms with Crippen LogP contribution >= 0.6 is 11.6 Å². The lowest BCUT2D eigenvalue weighted by atomic mass is 10.1. The largest absolute Gasteiger partial charge is 0.460 e.